The Labute approximate surface area is 75.6 Å². The van der Waals surface area contributed by atoms with Crippen molar-refractivity contribution in [1.82, 2.24) is 0 Å². The highest BCUT2D eigenvalue weighted by molar-refractivity contribution is 7.98. The average Bonchev–Trinajstić information content (AvgIpc) is 2.09. The highest BCUT2D eigenvalue weighted by Gasteiger charge is 2.04. The van der Waals surface area contributed by atoms with Crippen LogP contribution in [0.3, 0.4) is 0 Å². The predicted molar refractivity (Wildman–Crippen MR) is 53.3 cm³/mol. The van der Waals surface area contributed by atoms with Crippen LogP contribution in [0.25, 0.3) is 4.85 Å². The Morgan fingerprint density at radius 2 is 1.92 bits per heavy atom. The maximum atomic E-state index is 6.87. The average molecular weight is 179 g/mol. The van der Waals surface area contributed by atoms with E-state index in [1.54, 1.807) is 12.1 Å². The molecule has 0 atom stereocenters. The molecule has 0 radical (unpaired) electrons. The van der Waals surface area contributed by atoms with Crippen LogP contribution in [-0.4, -0.2) is 6.26 Å². The van der Waals surface area contributed by atoms with Gasteiger partial charge in [0.15, 0.2) is 0 Å². The minimum absolute atomic E-state index is 0.471. The molecule has 12 heavy (non-hydrogen) atoms. The Kier molecular flexibility index (Phi) is 2.46. The van der Waals surface area contributed by atoms with Crippen LogP contribution >= 0.6 is 11.8 Å². The first-order chi connectivity index (χ1) is 5.69. The summed E-state index contributed by atoms with van der Waals surface area (Å²) in [5, 5.41) is 0. The molecule has 0 spiro atoms. The Hall–Kier alpha value is -1.34. The molecule has 3 nitrogen and oxygen atoms in total. The number of hydrogen-bond donors (Lipinski definition) is 2. The van der Waals surface area contributed by atoms with Crippen molar-refractivity contribution in [3.05, 3.63) is 23.5 Å². The van der Waals surface area contributed by atoms with Crippen molar-refractivity contribution in [2.75, 3.05) is 17.7 Å². The van der Waals surface area contributed by atoms with E-state index in [0.717, 1.165) is 4.90 Å². The fourth-order valence-corrected chi connectivity index (χ4v) is 1.41. The number of thioether (sulfide) groups is 1. The fourth-order valence-electron chi connectivity index (χ4n) is 0.851. The van der Waals surface area contributed by atoms with Crippen molar-refractivity contribution >= 4 is 28.8 Å². The van der Waals surface area contributed by atoms with Crippen molar-refractivity contribution in [1.29, 1.82) is 0 Å². The van der Waals surface area contributed by atoms with Crippen LogP contribution in [0.4, 0.5) is 17.1 Å². The Morgan fingerprint density at radius 3 is 2.42 bits per heavy atom. The summed E-state index contributed by atoms with van der Waals surface area (Å²) in [4.78, 5) is 4.21. The maximum absolute atomic E-state index is 6.87. The minimum atomic E-state index is 0.471. The van der Waals surface area contributed by atoms with Gasteiger partial charge in [0.2, 0.25) is 5.69 Å². The highest BCUT2D eigenvalue weighted by atomic mass is 32.2. The normalized spacial score (nSPS) is 9.33. The van der Waals surface area contributed by atoms with E-state index in [0.29, 0.717) is 17.1 Å². The van der Waals surface area contributed by atoms with Crippen molar-refractivity contribution < 1.29 is 0 Å². The van der Waals surface area contributed by atoms with Gasteiger partial charge in [-0.15, -0.1) is 11.8 Å². The van der Waals surface area contributed by atoms with Gasteiger partial charge in [0.25, 0.3) is 0 Å². The lowest BCUT2D eigenvalue weighted by Gasteiger charge is -2.04. The topological polar surface area (TPSA) is 56.4 Å². The van der Waals surface area contributed by atoms with E-state index in [9.17, 15) is 0 Å². The van der Waals surface area contributed by atoms with Crippen LogP contribution in [0.1, 0.15) is 0 Å². The van der Waals surface area contributed by atoms with Gasteiger partial charge in [-0.25, -0.2) is 4.85 Å². The highest BCUT2D eigenvalue weighted by Crippen LogP contribution is 2.33. The van der Waals surface area contributed by atoms with Gasteiger partial charge in [0, 0.05) is 10.6 Å². The number of nitrogens with two attached hydrogens (primary N) is 2. The first-order valence-corrected chi connectivity index (χ1v) is 4.52. The van der Waals surface area contributed by atoms with E-state index in [4.69, 9.17) is 18.0 Å². The molecule has 0 saturated heterocycles. The van der Waals surface area contributed by atoms with Crippen LogP contribution in [-0.2, 0) is 0 Å². The van der Waals surface area contributed by atoms with Crippen LogP contribution < -0.4 is 11.5 Å². The third-order valence-electron chi connectivity index (χ3n) is 1.50. The molecule has 0 bridgehead atoms. The van der Waals surface area contributed by atoms with Crippen LogP contribution in [0, 0.1) is 6.57 Å². The number of hydrogen-bond acceptors (Lipinski definition) is 3. The fraction of sp³-hybridized carbons (Fsp3) is 0.125. The number of nitrogens with zero attached hydrogens (tertiary/aromatic N) is 1. The molecule has 0 unspecified atom stereocenters. The second kappa shape index (κ2) is 3.37. The Balaban J connectivity index is 3.31. The second-order valence-corrected chi connectivity index (χ2v) is 3.11. The molecule has 4 heteroatoms. The number of benzene rings is 1. The largest absolute Gasteiger partial charge is 0.398 e. The van der Waals surface area contributed by atoms with E-state index in [1.807, 2.05) is 6.26 Å². The minimum Gasteiger partial charge on any atom is -0.398 e. The molecule has 4 N–H and O–H groups in total. The summed E-state index contributed by atoms with van der Waals surface area (Å²) in [7, 11) is 0. The van der Waals surface area contributed by atoms with Crippen molar-refractivity contribution in [2.45, 2.75) is 4.90 Å². The van der Waals surface area contributed by atoms with Gasteiger partial charge >= 0.3 is 0 Å². The number of nitrogen functional groups attached to an aromatic ring is 2. The first-order valence-electron chi connectivity index (χ1n) is 3.29. The third kappa shape index (κ3) is 1.46. The molecule has 0 amide bonds. The molecule has 62 valence electrons. The molecule has 1 aromatic rings. The summed E-state index contributed by atoms with van der Waals surface area (Å²) in [5.41, 5.74) is 12.7. The molecule has 0 heterocycles. The van der Waals surface area contributed by atoms with Crippen LogP contribution in [0.15, 0.2) is 17.0 Å². The Bertz CT molecular complexity index is 341. The summed E-state index contributed by atoms with van der Waals surface area (Å²) >= 11 is 1.49. The molecule has 0 aliphatic rings. The molecule has 0 aliphatic heterocycles. The lowest BCUT2D eigenvalue weighted by molar-refractivity contribution is 1.49. The van der Waals surface area contributed by atoms with Gasteiger partial charge < -0.3 is 11.5 Å². The quantitative estimate of drug-likeness (QED) is 0.394. The van der Waals surface area contributed by atoms with Crippen molar-refractivity contribution in [3.63, 3.8) is 0 Å². The number of rotatable bonds is 1. The van der Waals surface area contributed by atoms with Crippen LogP contribution in [0.5, 0.6) is 0 Å². The van der Waals surface area contributed by atoms with Crippen molar-refractivity contribution in [3.8, 4) is 0 Å². The lowest BCUT2D eigenvalue weighted by Crippen LogP contribution is -1.93. The predicted octanol–water partition coefficient (Wildman–Crippen LogP) is 2.12. The summed E-state index contributed by atoms with van der Waals surface area (Å²) in [6, 6.07) is 3.33. The summed E-state index contributed by atoms with van der Waals surface area (Å²) in [6.45, 7) is 6.87. The molecule has 1 aromatic carbocycles. The smallest absolute Gasteiger partial charge is 0.202 e. The monoisotopic (exact) mass is 179 g/mol. The van der Waals surface area contributed by atoms with Crippen LogP contribution in [0.2, 0.25) is 0 Å². The molecular weight excluding hydrogens is 170 g/mol. The van der Waals surface area contributed by atoms with E-state index in [-0.39, 0.29) is 0 Å². The van der Waals surface area contributed by atoms with E-state index < -0.39 is 0 Å². The lowest BCUT2D eigenvalue weighted by atomic mass is 10.2. The third-order valence-corrected chi connectivity index (χ3v) is 2.27. The molecule has 0 aliphatic carbocycles. The summed E-state index contributed by atoms with van der Waals surface area (Å²) in [6.07, 6.45) is 1.90. The SMILES string of the molecule is [C-]#[N+]c1cc(N)c(N)cc1SC. The Morgan fingerprint density at radius 1 is 1.33 bits per heavy atom. The first kappa shape index (κ1) is 8.75. The van der Waals surface area contributed by atoms with Gasteiger partial charge in [0.1, 0.15) is 0 Å². The van der Waals surface area contributed by atoms with Gasteiger partial charge in [-0.1, -0.05) is 0 Å². The zero-order chi connectivity index (χ0) is 9.14. The molecule has 1 rings (SSSR count). The van der Waals surface area contributed by atoms with Crippen molar-refractivity contribution in [2.24, 2.45) is 0 Å². The molecule has 0 aromatic heterocycles. The maximum Gasteiger partial charge on any atom is 0.202 e. The van der Waals surface area contributed by atoms with Gasteiger partial charge in [0.05, 0.1) is 12.3 Å². The van der Waals surface area contributed by atoms with Gasteiger partial charge in [-0.3, -0.25) is 0 Å². The van der Waals surface area contributed by atoms with E-state index in [1.165, 1.54) is 11.8 Å². The summed E-state index contributed by atoms with van der Waals surface area (Å²) in [5.74, 6) is 0. The second-order valence-electron chi connectivity index (χ2n) is 2.26. The van der Waals surface area contributed by atoms with Gasteiger partial charge in [-0.2, -0.15) is 0 Å². The standard InChI is InChI=1S/C8H9N3S/c1-11-7-3-5(9)6(10)4-8(7)12-2/h3-4H,9-10H2,2H3. The zero-order valence-corrected chi connectivity index (χ0v) is 7.48. The van der Waals surface area contributed by atoms with E-state index >= 15 is 0 Å². The molecular formula is C8H9N3S. The zero-order valence-electron chi connectivity index (χ0n) is 6.66. The molecule has 0 saturated carbocycles. The van der Waals surface area contributed by atoms with E-state index in [2.05, 4.69) is 4.85 Å². The number of anilines is 2. The summed E-state index contributed by atoms with van der Waals surface area (Å²) < 4.78 is 0. The van der Waals surface area contributed by atoms with Gasteiger partial charge in [-0.05, 0) is 18.4 Å². The molecule has 0 fully saturated rings.